The van der Waals surface area contributed by atoms with E-state index in [-0.39, 0.29) is 0 Å². The van der Waals surface area contributed by atoms with Crippen LogP contribution in [-0.4, -0.2) is 29.4 Å². The molecule has 0 spiro atoms. The molecule has 68 valence electrons. The smallest absolute Gasteiger partial charge is 0.112 e. The second-order valence-electron chi connectivity index (χ2n) is 3.69. The Kier molecular flexibility index (Phi) is 2.31. The van der Waals surface area contributed by atoms with Crippen molar-refractivity contribution in [2.75, 3.05) is 18.8 Å². The molecular formula is C9H16N2S. The average molecular weight is 184 g/mol. The first-order valence-corrected chi connectivity index (χ1v) is 5.73. The molecule has 1 unspecified atom stereocenters. The van der Waals surface area contributed by atoms with Crippen LogP contribution in [0.5, 0.6) is 0 Å². The molecule has 2 heterocycles. The van der Waals surface area contributed by atoms with Gasteiger partial charge in [0.2, 0.25) is 0 Å². The average Bonchev–Trinajstić information content (AvgIpc) is 2.55. The van der Waals surface area contributed by atoms with Crippen LogP contribution >= 0.6 is 11.8 Å². The van der Waals surface area contributed by atoms with Gasteiger partial charge < -0.3 is 5.32 Å². The fourth-order valence-corrected chi connectivity index (χ4v) is 3.15. The summed E-state index contributed by atoms with van der Waals surface area (Å²) in [6, 6.07) is 0. The monoisotopic (exact) mass is 184 g/mol. The highest BCUT2D eigenvalue weighted by Gasteiger charge is 2.35. The first kappa shape index (κ1) is 8.42. The van der Waals surface area contributed by atoms with Gasteiger partial charge in [0.25, 0.3) is 0 Å². The first-order valence-electron chi connectivity index (χ1n) is 4.74. The molecule has 0 aromatic rings. The van der Waals surface area contributed by atoms with E-state index in [9.17, 15) is 0 Å². The number of thioether (sulfide) groups is 1. The van der Waals surface area contributed by atoms with Crippen LogP contribution in [0.2, 0.25) is 0 Å². The van der Waals surface area contributed by atoms with Gasteiger partial charge in [-0.25, -0.2) is 0 Å². The molecule has 0 aliphatic carbocycles. The van der Waals surface area contributed by atoms with Crippen molar-refractivity contribution in [1.29, 1.82) is 0 Å². The number of hydrogen-bond donors (Lipinski definition) is 1. The lowest BCUT2D eigenvalue weighted by Crippen LogP contribution is -2.43. The minimum absolute atomic E-state index is 0.320. The zero-order valence-corrected chi connectivity index (χ0v) is 8.41. The van der Waals surface area contributed by atoms with Gasteiger partial charge in [0, 0.05) is 13.1 Å². The van der Waals surface area contributed by atoms with E-state index in [2.05, 4.69) is 29.0 Å². The van der Waals surface area contributed by atoms with E-state index in [0.717, 1.165) is 13.1 Å². The number of hydrogen-bond acceptors (Lipinski definition) is 3. The molecule has 2 rings (SSSR count). The molecule has 2 aliphatic heterocycles. The first-order chi connectivity index (χ1) is 5.81. The van der Waals surface area contributed by atoms with Gasteiger partial charge in [0.1, 0.15) is 5.84 Å². The molecule has 0 amide bonds. The minimum Gasteiger partial charge on any atom is -0.373 e. The Labute approximate surface area is 78.2 Å². The van der Waals surface area contributed by atoms with Crippen LogP contribution in [0.3, 0.4) is 0 Å². The number of nitrogens with zero attached hydrogens (tertiary/aromatic N) is 1. The summed E-state index contributed by atoms with van der Waals surface area (Å²) in [6.45, 7) is 4.47. The molecule has 2 aliphatic rings. The molecule has 0 aromatic carbocycles. The highest BCUT2D eigenvalue weighted by atomic mass is 32.2. The summed E-state index contributed by atoms with van der Waals surface area (Å²) in [5.41, 5.74) is 0. The Balaban J connectivity index is 2.10. The summed E-state index contributed by atoms with van der Waals surface area (Å²) >= 11 is 2.06. The second kappa shape index (κ2) is 3.29. The SMILES string of the molecule is CC1(C2=NCCCN2)CCCS1. The molecular weight excluding hydrogens is 168 g/mol. The van der Waals surface area contributed by atoms with Gasteiger partial charge in [-0.05, 0) is 31.9 Å². The summed E-state index contributed by atoms with van der Waals surface area (Å²) in [7, 11) is 0. The molecule has 1 saturated heterocycles. The number of aliphatic imine (C=N–C) groups is 1. The zero-order chi connectivity index (χ0) is 8.44. The Morgan fingerprint density at radius 2 is 2.42 bits per heavy atom. The standard InChI is InChI=1S/C9H16N2S/c1-9(4-2-7-12-9)8-10-5-3-6-11-8/h2-7H2,1H3,(H,10,11). The molecule has 0 radical (unpaired) electrons. The van der Waals surface area contributed by atoms with Crippen molar-refractivity contribution >= 4 is 17.6 Å². The van der Waals surface area contributed by atoms with Crippen LogP contribution in [0.4, 0.5) is 0 Å². The van der Waals surface area contributed by atoms with Gasteiger partial charge in [0.05, 0.1) is 4.75 Å². The highest BCUT2D eigenvalue weighted by molar-refractivity contribution is 8.01. The Morgan fingerprint density at radius 3 is 3.00 bits per heavy atom. The van der Waals surface area contributed by atoms with Gasteiger partial charge in [-0.1, -0.05) is 0 Å². The van der Waals surface area contributed by atoms with Gasteiger partial charge >= 0.3 is 0 Å². The van der Waals surface area contributed by atoms with Gasteiger partial charge in [0.15, 0.2) is 0 Å². The topological polar surface area (TPSA) is 24.4 Å². The normalized spacial score (nSPS) is 35.9. The quantitative estimate of drug-likeness (QED) is 0.670. The largest absolute Gasteiger partial charge is 0.373 e. The second-order valence-corrected chi connectivity index (χ2v) is 5.29. The van der Waals surface area contributed by atoms with E-state index in [1.807, 2.05) is 0 Å². The Bertz CT molecular complexity index is 195. The summed E-state index contributed by atoms with van der Waals surface area (Å²) in [5.74, 6) is 2.56. The van der Waals surface area contributed by atoms with E-state index < -0.39 is 0 Å². The number of nitrogens with one attached hydrogen (secondary N) is 1. The molecule has 0 bridgehead atoms. The minimum atomic E-state index is 0.320. The predicted octanol–water partition coefficient (Wildman–Crippen LogP) is 1.66. The van der Waals surface area contributed by atoms with E-state index >= 15 is 0 Å². The van der Waals surface area contributed by atoms with E-state index in [0.29, 0.717) is 4.75 Å². The zero-order valence-electron chi connectivity index (χ0n) is 7.60. The Hall–Kier alpha value is -0.180. The lowest BCUT2D eigenvalue weighted by Gasteiger charge is -2.28. The number of rotatable bonds is 1. The third-order valence-corrected chi connectivity index (χ3v) is 4.14. The van der Waals surface area contributed by atoms with Crippen molar-refractivity contribution in [2.45, 2.75) is 30.9 Å². The maximum Gasteiger partial charge on any atom is 0.112 e. The van der Waals surface area contributed by atoms with Gasteiger partial charge in [-0.3, -0.25) is 4.99 Å². The summed E-state index contributed by atoms with van der Waals surface area (Å²) in [5, 5.41) is 3.43. The fourth-order valence-electron chi connectivity index (χ4n) is 1.85. The number of amidine groups is 1. The fraction of sp³-hybridized carbons (Fsp3) is 0.889. The lowest BCUT2D eigenvalue weighted by atomic mass is 10.0. The maximum absolute atomic E-state index is 4.57. The summed E-state index contributed by atoms with van der Waals surface area (Å²) in [4.78, 5) is 4.57. The third-order valence-electron chi connectivity index (χ3n) is 2.62. The van der Waals surface area contributed by atoms with Crippen LogP contribution in [-0.2, 0) is 0 Å². The van der Waals surface area contributed by atoms with Gasteiger partial charge in [-0.2, -0.15) is 0 Å². The van der Waals surface area contributed by atoms with E-state index in [1.165, 1.54) is 30.9 Å². The van der Waals surface area contributed by atoms with Crippen LogP contribution < -0.4 is 5.32 Å². The molecule has 1 N–H and O–H groups in total. The van der Waals surface area contributed by atoms with Crippen LogP contribution in [0.1, 0.15) is 26.2 Å². The molecule has 0 saturated carbocycles. The molecule has 1 fully saturated rings. The van der Waals surface area contributed by atoms with Crippen molar-refractivity contribution in [3.05, 3.63) is 0 Å². The molecule has 12 heavy (non-hydrogen) atoms. The van der Waals surface area contributed by atoms with Crippen molar-refractivity contribution in [3.63, 3.8) is 0 Å². The van der Waals surface area contributed by atoms with Crippen LogP contribution in [0.25, 0.3) is 0 Å². The van der Waals surface area contributed by atoms with Crippen LogP contribution in [0.15, 0.2) is 4.99 Å². The molecule has 1 atom stereocenters. The van der Waals surface area contributed by atoms with E-state index in [4.69, 9.17) is 0 Å². The molecule has 3 heteroatoms. The van der Waals surface area contributed by atoms with Gasteiger partial charge in [-0.15, -0.1) is 11.8 Å². The Morgan fingerprint density at radius 1 is 1.50 bits per heavy atom. The maximum atomic E-state index is 4.57. The lowest BCUT2D eigenvalue weighted by molar-refractivity contribution is 0.667. The van der Waals surface area contributed by atoms with Crippen molar-refractivity contribution < 1.29 is 0 Å². The van der Waals surface area contributed by atoms with Crippen molar-refractivity contribution in [1.82, 2.24) is 5.32 Å². The summed E-state index contributed by atoms with van der Waals surface area (Å²) < 4.78 is 0.320. The third kappa shape index (κ3) is 1.47. The molecule has 2 nitrogen and oxygen atoms in total. The van der Waals surface area contributed by atoms with Crippen molar-refractivity contribution in [3.8, 4) is 0 Å². The molecule has 0 aromatic heterocycles. The predicted molar refractivity (Wildman–Crippen MR) is 55.0 cm³/mol. The summed E-state index contributed by atoms with van der Waals surface area (Å²) in [6.07, 6.45) is 3.84. The highest BCUT2D eigenvalue weighted by Crippen LogP contribution is 2.38. The van der Waals surface area contributed by atoms with Crippen molar-refractivity contribution in [2.24, 2.45) is 4.99 Å². The van der Waals surface area contributed by atoms with E-state index in [1.54, 1.807) is 0 Å². The van der Waals surface area contributed by atoms with Crippen LogP contribution in [0, 0.1) is 0 Å².